The fourth-order valence-electron chi connectivity index (χ4n) is 3.38. The Morgan fingerprint density at radius 3 is 2.19 bits per heavy atom. The molecule has 1 aliphatic heterocycles. The minimum absolute atomic E-state index is 0.129. The molecule has 0 atom stereocenters. The van der Waals surface area contributed by atoms with Crippen LogP contribution in [0.15, 0.2) is 41.3 Å². The van der Waals surface area contributed by atoms with Crippen LogP contribution in [0.2, 0.25) is 0 Å². The van der Waals surface area contributed by atoms with Gasteiger partial charge in [-0.25, -0.2) is 13.2 Å². The number of methoxy groups -OCH3 is 1. The van der Waals surface area contributed by atoms with E-state index in [-0.39, 0.29) is 10.5 Å². The third-order valence-electron chi connectivity index (χ3n) is 5.44. The first-order chi connectivity index (χ1) is 14.6. The van der Waals surface area contributed by atoms with Gasteiger partial charge in [0.15, 0.2) is 0 Å². The summed E-state index contributed by atoms with van der Waals surface area (Å²) in [6.07, 6.45) is 0. The number of nitrogens with one attached hydrogen (secondary N) is 1. The van der Waals surface area contributed by atoms with Crippen LogP contribution in [0.4, 0.5) is 5.69 Å². The van der Waals surface area contributed by atoms with E-state index in [9.17, 15) is 18.0 Å². The quantitative estimate of drug-likeness (QED) is 0.710. The molecule has 2 aromatic carbocycles. The SMILES string of the molecule is COC(=O)c1ccc(C)c(NC(=O)c2ccc(C)c(S(=O)(=O)N3CCN(C)CC3)c2)c1. The Labute approximate surface area is 182 Å². The Morgan fingerprint density at radius 1 is 0.935 bits per heavy atom. The van der Waals surface area contributed by atoms with Crippen molar-refractivity contribution in [3.8, 4) is 0 Å². The number of rotatable bonds is 5. The second-order valence-electron chi connectivity index (χ2n) is 7.66. The number of carbonyl (C=O) groups excluding carboxylic acids is 2. The Bertz CT molecular complexity index is 1110. The van der Waals surface area contributed by atoms with Gasteiger partial charge >= 0.3 is 5.97 Å². The number of sulfonamides is 1. The van der Waals surface area contributed by atoms with E-state index in [0.717, 1.165) is 5.56 Å². The van der Waals surface area contributed by atoms with Crippen LogP contribution < -0.4 is 5.32 Å². The van der Waals surface area contributed by atoms with Crippen molar-refractivity contribution < 1.29 is 22.7 Å². The van der Waals surface area contributed by atoms with Gasteiger partial charge in [0.2, 0.25) is 10.0 Å². The fraction of sp³-hybridized carbons (Fsp3) is 0.364. The van der Waals surface area contributed by atoms with Crippen molar-refractivity contribution in [3.63, 3.8) is 0 Å². The molecule has 9 heteroatoms. The minimum atomic E-state index is -3.71. The molecule has 2 aromatic rings. The third kappa shape index (κ3) is 4.95. The van der Waals surface area contributed by atoms with Gasteiger partial charge in [-0.1, -0.05) is 12.1 Å². The van der Waals surface area contributed by atoms with E-state index >= 15 is 0 Å². The van der Waals surface area contributed by atoms with Gasteiger partial charge in [0.25, 0.3) is 5.91 Å². The highest BCUT2D eigenvalue weighted by Crippen LogP contribution is 2.24. The van der Waals surface area contributed by atoms with E-state index < -0.39 is 21.9 Å². The van der Waals surface area contributed by atoms with Crippen molar-refractivity contribution in [3.05, 3.63) is 58.7 Å². The number of ether oxygens (including phenoxy) is 1. The normalized spacial score (nSPS) is 15.5. The Hall–Kier alpha value is -2.75. The van der Waals surface area contributed by atoms with Gasteiger partial charge in [-0.15, -0.1) is 0 Å². The lowest BCUT2D eigenvalue weighted by Crippen LogP contribution is -2.47. The van der Waals surface area contributed by atoms with Crippen LogP contribution in [-0.4, -0.2) is 69.8 Å². The van der Waals surface area contributed by atoms with E-state index in [4.69, 9.17) is 4.74 Å². The van der Waals surface area contributed by atoms with Crippen molar-refractivity contribution in [2.75, 3.05) is 45.7 Å². The summed E-state index contributed by atoms with van der Waals surface area (Å²) >= 11 is 0. The monoisotopic (exact) mass is 445 g/mol. The highest BCUT2D eigenvalue weighted by Gasteiger charge is 2.29. The molecular formula is C22H27N3O5S. The number of nitrogens with zero attached hydrogens (tertiary/aromatic N) is 2. The summed E-state index contributed by atoms with van der Waals surface area (Å²) in [6, 6.07) is 9.50. The zero-order valence-corrected chi connectivity index (χ0v) is 19.0. The highest BCUT2D eigenvalue weighted by molar-refractivity contribution is 7.89. The molecule has 1 N–H and O–H groups in total. The zero-order chi connectivity index (χ0) is 22.8. The van der Waals surface area contributed by atoms with Crippen molar-refractivity contribution in [1.29, 1.82) is 0 Å². The summed E-state index contributed by atoms with van der Waals surface area (Å²) < 4.78 is 32.5. The average Bonchev–Trinajstić information content (AvgIpc) is 2.75. The molecule has 166 valence electrons. The van der Waals surface area contributed by atoms with E-state index in [0.29, 0.717) is 43.0 Å². The summed E-state index contributed by atoms with van der Waals surface area (Å²) in [5.41, 5.74) is 2.33. The van der Waals surface area contributed by atoms with Crippen molar-refractivity contribution >= 4 is 27.6 Å². The molecule has 0 aliphatic carbocycles. The molecule has 0 saturated carbocycles. The standard InChI is InChI=1S/C22H27N3O5S/c1-15-5-8-18(22(27)30-4)13-19(15)23-21(26)17-7-6-16(2)20(14-17)31(28,29)25-11-9-24(3)10-12-25/h5-8,13-14H,9-12H2,1-4H3,(H,23,26). The first-order valence-electron chi connectivity index (χ1n) is 9.93. The lowest BCUT2D eigenvalue weighted by molar-refractivity contribution is 0.0600. The second kappa shape index (κ2) is 9.17. The van der Waals surface area contributed by atoms with Gasteiger partial charge in [-0.2, -0.15) is 4.31 Å². The molecule has 1 heterocycles. The van der Waals surface area contributed by atoms with Gasteiger partial charge in [0.05, 0.1) is 17.6 Å². The zero-order valence-electron chi connectivity index (χ0n) is 18.1. The number of amides is 1. The minimum Gasteiger partial charge on any atom is -0.465 e. The van der Waals surface area contributed by atoms with Gasteiger partial charge in [-0.3, -0.25) is 4.79 Å². The molecule has 0 bridgehead atoms. The fourth-order valence-corrected chi connectivity index (χ4v) is 5.06. The maximum Gasteiger partial charge on any atom is 0.337 e. The Balaban J connectivity index is 1.88. The molecule has 1 saturated heterocycles. The predicted molar refractivity (Wildman–Crippen MR) is 118 cm³/mol. The molecule has 0 unspecified atom stereocenters. The maximum absolute atomic E-state index is 13.2. The second-order valence-corrected chi connectivity index (χ2v) is 9.57. The summed E-state index contributed by atoms with van der Waals surface area (Å²) in [5.74, 6) is -0.966. The number of carbonyl (C=O) groups is 2. The molecule has 1 amide bonds. The molecular weight excluding hydrogens is 418 g/mol. The first kappa shape index (κ1) is 22.9. The van der Waals surface area contributed by atoms with E-state index in [1.165, 1.54) is 23.5 Å². The molecule has 0 spiro atoms. The predicted octanol–water partition coefficient (Wildman–Crippen LogP) is 2.28. The van der Waals surface area contributed by atoms with Crippen LogP contribution in [0, 0.1) is 13.8 Å². The van der Waals surface area contributed by atoms with Gasteiger partial charge in [0.1, 0.15) is 0 Å². The topological polar surface area (TPSA) is 96.0 Å². The first-order valence-corrected chi connectivity index (χ1v) is 11.4. The lowest BCUT2D eigenvalue weighted by atomic mass is 10.1. The summed E-state index contributed by atoms with van der Waals surface area (Å²) in [6.45, 7) is 5.66. The smallest absolute Gasteiger partial charge is 0.337 e. The molecule has 31 heavy (non-hydrogen) atoms. The number of likely N-dealkylation sites (N-methyl/N-ethyl adjacent to an activating group) is 1. The number of piperazine rings is 1. The summed E-state index contributed by atoms with van der Waals surface area (Å²) in [5, 5.41) is 2.77. The van der Waals surface area contributed by atoms with Crippen LogP contribution in [0.3, 0.4) is 0 Å². The number of hydrogen-bond donors (Lipinski definition) is 1. The van der Waals surface area contributed by atoms with Crippen LogP contribution >= 0.6 is 0 Å². The summed E-state index contributed by atoms with van der Waals surface area (Å²) in [4.78, 5) is 26.9. The molecule has 1 fully saturated rings. The number of hydrogen-bond acceptors (Lipinski definition) is 6. The Kier molecular flexibility index (Phi) is 6.78. The van der Waals surface area contributed by atoms with Crippen molar-refractivity contribution in [2.24, 2.45) is 0 Å². The van der Waals surface area contributed by atoms with Crippen molar-refractivity contribution in [1.82, 2.24) is 9.21 Å². The van der Waals surface area contributed by atoms with Gasteiger partial charge < -0.3 is 15.0 Å². The number of anilines is 1. The van der Waals surface area contributed by atoms with Crippen LogP contribution in [0.5, 0.6) is 0 Å². The van der Waals surface area contributed by atoms with Crippen LogP contribution in [-0.2, 0) is 14.8 Å². The third-order valence-corrected chi connectivity index (χ3v) is 7.48. The van der Waals surface area contributed by atoms with Crippen LogP contribution in [0.25, 0.3) is 0 Å². The summed E-state index contributed by atoms with van der Waals surface area (Å²) in [7, 11) is -0.467. The van der Waals surface area contributed by atoms with Crippen LogP contribution in [0.1, 0.15) is 31.8 Å². The molecule has 3 rings (SSSR count). The average molecular weight is 446 g/mol. The van der Waals surface area contributed by atoms with E-state index in [2.05, 4.69) is 10.2 Å². The number of aryl methyl sites for hydroxylation is 2. The lowest BCUT2D eigenvalue weighted by Gasteiger charge is -2.32. The van der Waals surface area contributed by atoms with Crippen molar-refractivity contribution in [2.45, 2.75) is 18.7 Å². The Morgan fingerprint density at radius 2 is 1.55 bits per heavy atom. The van der Waals surface area contributed by atoms with E-state index in [1.54, 1.807) is 38.1 Å². The molecule has 0 aromatic heterocycles. The maximum atomic E-state index is 13.2. The highest BCUT2D eigenvalue weighted by atomic mass is 32.2. The van der Waals surface area contributed by atoms with E-state index in [1.807, 2.05) is 7.05 Å². The van der Waals surface area contributed by atoms with Gasteiger partial charge in [0, 0.05) is 37.4 Å². The largest absolute Gasteiger partial charge is 0.465 e. The van der Waals surface area contributed by atoms with Gasteiger partial charge in [-0.05, 0) is 56.3 Å². The molecule has 1 aliphatic rings. The molecule has 0 radical (unpaired) electrons. The number of benzene rings is 2. The molecule has 8 nitrogen and oxygen atoms in total. The number of esters is 1.